The molecule has 0 spiro atoms. The van der Waals surface area contributed by atoms with Crippen LogP contribution < -0.4 is 5.32 Å². The molecule has 1 atom stereocenters. The van der Waals surface area contributed by atoms with Crippen molar-refractivity contribution in [2.75, 3.05) is 6.54 Å². The zero-order valence-corrected chi connectivity index (χ0v) is 16.9. The fraction of sp³-hybridized carbons (Fsp3) is 0.348. The van der Waals surface area contributed by atoms with Crippen molar-refractivity contribution in [1.82, 2.24) is 10.3 Å². The first-order valence-corrected chi connectivity index (χ1v) is 10.00. The molecule has 0 aliphatic heterocycles. The van der Waals surface area contributed by atoms with Gasteiger partial charge in [-0.05, 0) is 41.9 Å². The summed E-state index contributed by atoms with van der Waals surface area (Å²) in [5, 5.41) is 15.0. The Morgan fingerprint density at radius 1 is 1.17 bits per heavy atom. The summed E-state index contributed by atoms with van der Waals surface area (Å²) in [4.78, 5) is 26.6. The molecule has 1 aromatic heterocycles. The minimum Gasteiger partial charge on any atom is -0.361 e. The zero-order valence-electron chi connectivity index (χ0n) is 16.9. The molecule has 0 aliphatic carbocycles. The molecule has 0 bridgehead atoms. The highest BCUT2D eigenvalue weighted by molar-refractivity contribution is 5.87. The van der Waals surface area contributed by atoms with Crippen molar-refractivity contribution >= 4 is 22.5 Å². The summed E-state index contributed by atoms with van der Waals surface area (Å²) in [6.45, 7) is 4.77. The Morgan fingerprint density at radius 2 is 1.93 bits per heavy atom. The van der Waals surface area contributed by atoms with Gasteiger partial charge in [-0.2, -0.15) is 0 Å². The molecule has 0 saturated heterocycles. The predicted molar refractivity (Wildman–Crippen MR) is 115 cm³/mol. The molecular formula is C23H27N3O3. The molecule has 3 aromatic rings. The smallest absolute Gasteiger partial charge is 0.270 e. The van der Waals surface area contributed by atoms with Gasteiger partial charge in [0.1, 0.15) is 0 Å². The molecule has 0 fully saturated rings. The SMILES string of the molecule is CC(C)CNC(=O)CC(CCc1ccccc1)c1c[nH]c2ccc([N+](=O)[O-])cc12. The van der Waals surface area contributed by atoms with Crippen LogP contribution in [0.25, 0.3) is 10.9 Å². The summed E-state index contributed by atoms with van der Waals surface area (Å²) in [5.41, 5.74) is 3.08. The Labute approximate surface area is 170 Å². The predicted octanol–water partition coefficient (Wildman–Crippen LogP) is 4.95. The van der Waals surface area contributed by atoms with Crippen molar-refractivity contribution in [1.29, 1.82) is 0 Å². The highest BCUT2D eigenvalue weighted by Gasteiger charge is 2.21. The van der Waals surface area contributed by atoms with E-state index in [4.69, 9.17) is 0 Å². The number of fused-ring (bicyclic) bond motifs is 1. The van der Waals surface area contributed by atoms with E-state index in [1.807, 2.05) is 24.4 Å². The second-order valence-corrected chi connectivity index (χ2v) is 7.85. The van der Waals surface area contributed by atoms with Gasteiger partial charge < -0.3 is 10.3 Å². The lowest BCUT2D eigenvalue weighted by Gasteiger charge is -2.17. The molecule has 3 rings (SSSR count). The molecule has 0 aliphatic rings. The van der Waals surface area contributed by atoms with E-state index >= 15 is 0 Å². The quantitative estimate of drug-likeness (QED) is 0.398. The number of hydrogen-bond acceptors (Lipinski definition) is 3. The Balaban J connectivity index is 1.87. The molecule has 0 radical (unpaired) electrons. The molecule has 2 N–H and O–H groups in total. The first-order chi connectivity index (χ1) is 13.9. The van der Waals surface area contributed by atoms with E-state index in [0.717, 1.165) is 29.3 Å². The van der Waals surface area contributed by atoms with Crippen LogP contribution >= 0.6 is 0 Å². The van der Waals surface area contributed by atoms with Crippen LogP contribution in [0.3, 0.4) is 0 Å². The van der Waals surface area contributed by atoms with Crippen LogP contribution in [0, 0.1) is 16.0 Å². The molecule has 0 saturated carbocycles. The number of aromatic nitrogens is 1. The molecule has 2 aromatic carbocycles. The van der Waals surface area contributed by atoms with Gasteiger partial charge in [0.05, 0.1) is 4.92 Å². The van der Waals surface area contributed by atoms with Crippen molar-refractivity contribution in [3.05, 3.63) is 76.0 Å². The number of amides is 1. The van der Waals surface area contributed by atoms with Gasteiger partial charge in [-0.25, -0.2) is 0 Å². The largest absolute Gasteiger partial charge is 0.361 e. The maximum absolute atomic E-state index is 12.5. The van der Waals surface area contributed by atoms with E-state index in [2.05, 4.69) is 36.3 Å². The third-order valence-corrected chi connectivity index (χ3v) is 5.11. The normalized spacial score (nSPS) is 12.2. The van der Waals surface area contributed by atoms with Gasteiger partial charge in [0, 0.05) is 42.2 Å². The number of aryl methyl sites for hydroxylation is 1. The minimum atomic E-state index is -0.384. The van der Waals surface area contributed by atoms with E-state index in [9.17, 15) is 14.9 Å². The first kappa shape index (κ1) is 20.6. The van der Waals surface area contributed by atoms with Crippen LogP contribution in [0.4, 0.5) is 5.69 Å². The second-order valence-electron chi connectivity index (χ2n) is 7.85. The van der Waals surface area contributed by atoms with Gasteiger partial charge in [-0.1, -0.05) is 44.2 Å². The molecular weight excluding hydrogens is 366 g/mol. The van der Waals surface area contributed by atoms with E-state index < -0.39 is 0 Å². The highest BCUT2D eigenvalue weighted by Crippen LogP contribution is 2.33. The summed E-state index contributed by atoms with van der Waals surface area (Å²) in [7, 11) is 0. The number of nitro groups is 1. The number of hydrogen-bond donors (Lipinski definition) is 2. The van der Waals surface area contributed by atoms with Crippen LogP contribution in [0.2, 0.25) is 0 Å². The lowest BCUT2D eigenvalue weighted by Crippen LogP contribution is -2.28. The van der Waals surface area contributed by atoms with Crippen molar-refractivity contribution in [3.8, 4) is 0 Å². The van der Waals surface area contributed by atoms with Crippen LogP contribution in [-0.2, 0) is 11.2 Å². The maximum Gasteiger partial charge on any atom is 0.270 e. The summed E-state index contributed by atoms with van der Waals surface area (Å²) < 4.78 is 0. The number of nitro benzene ring substituents is 1. The van der Waals surface area contributed by atoms with Crippen LogP contribution in [-0.4, -0.2) is 22.4 Å². The van der Waals surface area contributed by atoms with Crippen molar-refractivity contribution in [3.63, 3.8) is 0 Å². The number of H-pyrrole nitrogens is 1. The van der Waals surface area contributed by atoms with Crippen molar-refractivity contribution in [2.45, 2.75) is 39.0 Å². The summed E-state index contributed by atoms with van der Waals surface area (Å²) in [6, 6.07) is 15.0. The van der Waals surface area contributed by atoms with Gasteiger partial charge in [0.25, 0.3) is 5.69 Å². The summed E-state index contributed by atoms with van der Waals surface area (Å²) >= 11 is 0. The molecule has 29 heavy (non-hydrogen) atoms. The standard InChI is InChI=1S/C23H27N3O3/c1-16(2)14-25-23(27)12-18(9-8-17-6-4-3-5-7-17)21-15-24-22-11-10-19(26(28)29)13-20(21)22/h3-7,10-11,13,15-16,18,24H,8-9,12,14H2,1-2H3,(H,25,27). The zero-order chi connectivity index (χ0) is 20.8. The average Bonchev–Trinajstić information content (AvgIpc) is 3.13. The number of benzene rings is 2. The van der Waals surface area contributed by atoms with E-state index in [-0.39, 0.29) is 22.4 Å². The molecule has 152 valence electrons. The highest BCUT2D eigenvalue weighted by atomic mass is 16.6. The number of nitrogens with zero attached hydrogens (tertiary/aromatic N) is 1. The topological polar surface area (TPSA) is 88.0 Å². The van der Waals surface area contributed by atoms with Gasteiger partial charge in [-0.15, -0.1) is 0 Å². The Bertz CT molecular complexity index is 979. The van der Waals surface area contributed by atoms with E-state index in [1.54, 1.807) is 12.1 Å². The third-order valence-electron chi connectivity index (χ3n) is 5.11. The van der Waals surface area contributed by atoms with Gasteiger partial charge in [-0.3, -0.25) is 14.9 Å². The van der Waals surface area contributed by atoms with Gasteiger partial charge in [0.15, 0.2) is 0 Å². The summed E-state index contributed by atoms with van der Waals surface area (Å²) in [6.07, 6.45) is 3.87. The molecule has 1 amide bonds. The van der Waals surface area contributed by atoms with Crippen LogP contribution in [0.15, 0.2) is 54.7 Å². The Hall–Kier alpha value is -3.15. The Morgan fingerprint density at radius 3 is 2.62 bits per heavy atom. The van der Waals surface area contributed by atoms with Crippen LogP contribution in [0.5, 0.6) is 0 Å². The lowest BCUT2D eigenvalue weighted by molar-refractivity contribution is -0.384. The number of rotatable bonds is 9. The van der Waals surface area contributed by atoms with Gasteiger partial charge >= 0.3 is 0 Å². The monoisotopic (exact) mass is 393 g/mol. The fourth-order valence-electron chi connectivity index (χ4n) is 3.55. The fourth-order valence-corrected chi connectivity index (χ4v) is 3.55. The molecule has 6 heteroatoms. The van der Waals surface area contributed by atoms with Gasteiger partial charge in [0.2, 0.25) is 5.91 Å². The van der Waals surface area contributed by atoms with Crippen molar-refractivity contribution < 1.29 is 9.72 Å². The number of non-ortho nitro benzene ring substituents is 1. The molecule has 1 unspecified atom stereocenters. The number of nitrogens with one attached hydrogen (secondary N) is 2. The first-order valence-electron chi connectivity index (χ1n) is 10.00. The average molecular weight is 393 g/mol. The van der Waals surface area contributed by atoms with E-state index in [1.165, 1.54) is 11.6 Å². The second kappa shape index (κ2) is 9.37. The molecule has 1 heterocycles. The number of carbonyl (C=O) groups excluding carboxylic acids is 1. The minimum absolute atomic E-state index is 0.0107. The van der Waals surface area contributed by atoms with Crippen LogP contribution in [0.1, 0.15) is 43.7 Å². The number of aromatic amines is 1. The van der Waals surface area contributed by atoms with Crippen molar-refractivity contribution in [2.24, 2.45) is 5.92 Å². The van der Waals surface area contributed by atoms with E-state index in [0.29, 0.717) is 18.9 Å². The lowest BCUT2D eigenvalue weighted by atomic mass is 9.89. The summed E-state index contributed by atoms with van der Waals surface area (Å²) in [5.74, 6) is 0.368. The Kier molecular flexibility index (Phi) is 6.65. The molecule has 6 nitrogen and oxygen atoms in total. The third kappa shape index (κ3) is 5.44. The maximum atomic E-state index is 12.5. The number of carbonyl (C=O) groups is 1.